The van der Waals surface area contributed by atoms with Crippen LogP contribution in [-0.4, -0.2) is 69.1 Å². The molecule has 7 heteroatoms. The van der Waals surface area contributed by atoms with E-state index in [1.807, 2.05) is 4.90 Å². The third-order valence-corrected chi connectivity index (χ3v) is 6.98. The largest absolute Gasteiger partial charge is 0.341 e. The fraction of sp³-hybridized carbons (Fsp3) is 0.933. The highest BCUT2D eigenvalue weighted by molar-refractivity contribution is 7.88. The molecule has 1 aliphatic carbocycles. The summed E-state index contributed by atoms with van der Waals surface area (Å²) in [7, 11) is -3.16. The number of amides is 1. The Hall–Kier alpha value is -0.660. The summed E-state index contributed by atoms with van der Waals surface area (Å²) in [6.07, 6.45) is 6.46. The number of hydrogen-bond donors (Lipinski definition) is 1. The van der Waals surface area contributed by atoms with Crippen LogP contribution >= 0.6 is 0 Å². The van der Waals surface area contributed by atoms with E-state index in [0.29, 0.717) is 32.1 Å². The summed E-state index contributed by atoms with van der Waals surface area (Å²) in [6, 6.07) is 0. The number of carbonyl (C=O) groups is 1. The summed E-state index contributed by atoms with van der Waals surface area (Å²) in [4.78, 5) is 15.1. The molecular formula is C15H27N3O3S. The highest BCUT2D eigenvalue weighted by Gasteiger charge is 2.51. The Morgan fingerprint density at radius 3 is 2.73 bits per heavy atom. The highest BCUT2D eigenvalue weighted by Crippen LogP contribution is 2.45. The highest BCUT2D eigenvalue weighted by atomic mass is 32.2. The van der Waals surface area contributed by atoms with Crippen LogP contribution in [0.2, 0.25) is 0 Å². The molecular weight excluding hydrogens is 302 g/mol. The maximum absolute atomic E-state index is 13.2. The molecule has 0 radical (unpaired) electrons. The van der Waals surface area contributed by atoms with E-state index in [2.05, 4.69) is 5.32 Å². The van der Waals surface area contributed by atoms with Crippen molar-refractivity contribution in [1.82, 2.24) is 14.5 Å². The maximum atomic E-state index is 13.2. The van der Waals surface area contributed by atoms with E-state index in [4.69, 9.17) is 0 Å². The van der Waals surface area contributed by atoms with Gasteiger partial charge in [0.1, 0.15) is 0 Å². The minimum atomic E-state index is -3.16. The Bertz CT molecular complexity index is 536. The van der Waals surface area contributed by atoms with E-state index in [1.165, 1.54) is 17.0 Å². The molecule has 0 bridgehead atoms. The van der Waals surface area contributed by atoms with Crippen LogP contribution in [0.1, 0.15) is 32.1 Å². The van der Waals surface area contributed by atoms with Crippen LogP contribution in [0.3, 0.4) is 0 Å². The molecule has 2 heterocycles. The monoisotopic (exact) mass is 329 g/mol. The Labute approximate surface area is 133 Å². The Morgan fingerprint density at radius 1 is 1.14 bits per heavy atom. The molecule has 0 aromatic carbocycles. The summed E-state index contributed by atoms with van der Waals surface area (Å²) in [5.74, 6) is 0.723. The van der Waals surface area contributed by atoms with E-state index in [-0.39, 0.29) is 11.3 Å². The first-order valence-electron chi connectivity index (χ1n) is 8.39. The fourth-order valence-electron chi connectivity index (χ4n) is 4.41. The van der Waals surface area contributed by atoms with Gasteiger partial charge in [-0.3, -0.25) is 4.79 Å². The Kier molecular flexibility index (Phi) is 4.49. The topological polar surface area (TPSA) is 69.7 Å². The zero-order valence-electron chi connectivity index (χ0n) is 13.4. The lowest BCUT2D eigenvalue weighted by atomic mass is 9.67. The molecule has 1 amide bonds. The summed E-state index contributed by atoms with van der Waals surface area (Å²) < 4.78 is 24.9. The van der Waals surface area contributed by atoms with Crippen molar-refractivity contribution in [2.75, 3.05) is 45.5 Å². The van der Waals surface area contributed by atoms with Crippen LogP contribution < -0.4 is 5.32 Å². The first-order chi connectivity index (χ1) is 10.4. The molecule has 3 fully saturated rings. The minimum Gasteiger partial charge on any atom is -0.341 e. The van der Waals surface area contributed by atoms with Crippen LogP contribution in [0.4, 0.5) is 0 Å². The van der Waals surface area contributed by atoms with Crippen molar-refractivity contribution in [1.29, 1.82) is 0 Å². The van der Waals surface area contributed by atoms with Crippen molar-refractivity contribution in [2.45, 2.75) is 32.1 Å². The molecule has 0 spiro atoms. The minimum absolute atomic E-state index is 0.224. The summed E-state index contributed by atoms with van der Waals surface area (Å²) in [6.45, 7) is 3.91. The third-order valence-electron chi connectivity index (χ3n) is 5.68. The summed E-state index contributed by atoms with van der Waals surface area (Å²) in [5.41, 5.74) is -0.224. The molecule has 2 atom stereocenters. The molecule has 3 aliphatic rings. The lowest BCUT2D eigenvalue weighted by Gasteiger charge is -2.40. The quantitative estimate of drug-likeness (QED) is 0.789. The lowest BCUT2D eigenvalue weighted by molar-refractivity contribution is -0.145. The molecule has 0 unspecified atom stereocenters. The zero-order valence-corrected chi connectivity index (χ0v) is 14.2. The van der Waals surface area contributed by atoms with Crippen LogP contribution in [0.15, 0.2) is 0 Å². The van der Waals surface area contributed by atoms with Gasteiger partial charge in [0.25, 0.3) is 0 Å². The number of sulfonamides is 1. The molecule has 0 aromatic heterocycles. The molecule has 2 aliphatic heterocycles. The van der Waals surface area contributed by atoms with Gasteiger partial charge in [-0.25, -0.2) is 12.7 Å². The van der Waals surface area contributed by atoms with Gasteiger partial charge in [-0.05, 0) is 31.7 Å². The first kappa shape index (κ1) is 16.2. The molecule has 22 heavy (non-hydrogen) atoms. The van der Waals surface area contributed by atoms with E-state index in [1.54, 1.807) is 0 Å². The Morgan fingerprint density at radius 2 is 1.95 bits per heavy atom. The standard InChI is InChI=1S/C15H27N3O3S/c1-22(20,21)18-8-4-7-17(9-10-18)14(19)15-6-3-2-5-13(15)11-16-12-15/h13,16H,2-12H2,1H3/t13-,15+/m0/s1. The number of carbonyl (C=O) groups excluding carboxylic acids is 1. The third kappa shape index (κ3) is 2.90. The van der Waals surface area contributed by atoms with Crippen molar-refractivity contribution >= 4 is 15.9 Å². The molecule has 3 rings (SSSR count). The van der Waals surface area contributed by atoms with Crippen molar-refractivity contribution < 1.29 is 13.2 Å². The lowest BCUT2D eigenvalue weighted by Crippen LogP contribution is -2.50. The van der Waals surface area contributed by atoms with Gasteiger partial charge >= 0.3 is 0 Å². The number of nitrogens with zero attached hydrogens (tertiary/aromatic N) is 2. The van der Waals surface area contributed by atoms with Crippen LogP contribution in [0.5, 0.6) is 0 Å². The molecule has 6 nitrogen and oxygen atoms in total. The fourth-order valence-corrected chi connectivity index (χ4v) is 5.29. The SMILES string of the molecule is CS(=O)(=O)N1CCCN(C(=O)[C@@]23CCCC[C@H]2CNC3)CC1. The van der Waals surface area contributed by atoms with Crippen molar-refractivity contribution in [3.8, 4) is 0 Å². The van der Waals surface area contributed by atoms with Gasteiger partial charge in [-0.15, -0.1) is 0 Å². The predicted molar refractivity (Wildman–Crippen MR) is 84.9 cm³/mol. The number of hydrogen-bond acceptors (Lipinski definition) is 4. The molecule has 1 saturated carbocycles. The molecule has 126 valence electrons. The Balaban J connectivity index is 1.72. The average molecular weight is 329 g/mol. The smallest absolute Gasteiger partial charge is 0.230 e. The van der Waals surface area contributed by atoms with E-state index >= 15 is 0 Å². The molecule has 1 N–H and O–H groups in total. The zero-order chi connectivity index (χ0) is 15.8. The summed E-state index contributed by atoms with van der Waals surface area (Å²) >= 11 is 0. The number of rotatable bonds is 2. The summed E-state index contributed by atoms with van der Waals surface area (Å²) in [5, 5.41) is 3.42. The van der Waals surface area contributed by atoms with Crippen molar-refractivity contribution in [3.63, 3.8) is 0 Å². The van der Waals surface area contributed by atoms with Gasteiger partial charge in [0, 0.05) is 32.7 Å². The molecule has 2 saturated heterocycles. The second kappa shape index (κ2) is 6.09. The normalized spacial score (nSPS) is 34.2. The van der Waals surface area contributed by atoms with Crippen LogP contribution in [0, 0.1) is 11.3 Å². The predicted octanol–water partition coefficient (Wildman–Crippen LogP) is 0.260. The van der Waals surface area contributed by atoms with E-state index in [9.17, 15) is 13.2 Å². The first-order valence-corrected chi connectivity index (χ1v) is 10.2. The van der Waals surface area contributed by atoms with Gasteiger partial charge in [-0.1, -0.05) is 12.8 Å². The number of fused-ring (bicyclic) bond motifs is 1. The molecule has 0 aromatic rings. The van der Waals surface area contributed by atoms with Gasteiger partial charge in [0.2, 0.25) is 15.9 Å². The van der Waals surface area contributed by atoms with Gasteiger partial charge in [-0.2, -0.15) is 0 Å². The van der Waals surface area contributed by atoms with Crippen LogP contribution in [-0.2, 0) is 14.8 Å². The van der Waals surface area contributed by atoms with Gasteiger partial charge in [0.15, 0.2) is 0 Å². The van der Waals surface area contributed by atoms with E-state index < -0.39 is 10.0 Å². The average Bonchev–Trinajstić information content (AvgIpc) is 2.75. The van der Waals surface area contributed by atoms with E-state index in [0.717, 1.165) is 38.8 Å². The maximum Gasteiger partial charge on any atom is 0.230 e. The second-order valence-corrected chi connectivity index (χ2v) is 9.02. The van der Waals surface area contributed by atoms with Crippen LogP contribution in [0.25, 0.3) is 0 Å². The van der Waals surface area contributed by atoms with Crippen molar-refractivity contribution in [2.24, 2.45) is 11.3 Å². The number of nitrogens with one attached hydrogen (secondary N) is 1. The van der Waals surface area contributed by atoms with Gasteiger partial charge < -0.3 is 10.2 Å². The van der Waals surface area contributed by atoms with Crippen molar-refractivity contribution in [3.05, 3.63) is 0 Å². The second-order valence-electron chi connectivity index (χ2n) is 7.04. The van der Waals surface area contributed by atoms with Gasteiger partial charge in [0.05, 0.1) is 11.7 Å².